The van der Waals surface area contributed by atoms with Gasteiger partial charge in [-0.15, -0.1) is 0 Å². The van der Waals surface area contributed by atoms with Gasteiger partial charge in [0.2, 0.25) is 0 Å². The van der Waals surface area contributed by atoms with Gasteiger partial charge in [0.05, 0.1) is 0 Å². The van der Waals surface area contributed by atoms with Crippen molar-refractivity contribution in [1.82, 2.24) is 9.80 Å². The summed E-state index contributed by atoms with van der Waals surface area (Å²) in [5.74, 6) is 0.676. The van der Waals surface area contributed by atoms with E-state index in [9.17, 15) is 10.2 Å². The molecule has 0 unspecified atom stereocenters. The molecule has 0 bridgehead atoms. The van der Waals surface area contributed by atoms with Crippen molar-refractivity contribution in [1.29, 1.82) is 0 Å². The van der Waals surface area contributed by atoms with Crippen LogP contribution in [-0.4, -0.2) is 48.2 Å². The minimum atomic E-state index is 0.338. The first-order valence-corrected chi connectivity index (χ1v) is 10.3. The minimum absolute atomic E-state index is 0.338. The maximum atomic E-state index is 10.8. The van der Waals surface area contributed by atoms with E-state index in [4.69, 9.17) is 0 Å². The summed E-state index contributed by atoms with van der Waals surface area (Å²) in [4.78, 5) is 4.09. The zero-order chi connectivity index (χ0) is 22.6. The molecule has 0 heterocycles. The molecule has 0 aliphatic carbocycles. The molecule has 30 heavy (non-hydrogen) atoms. The third kappa shape index (κ3) is 6.22. The highest BCUT2D eigenvalue weighted by Gasteiger charge is 2.16. The molecular formula is C26H36N2O2. The van der Waals surface area contributed by atoms with E-state index in [0.29, 0.717) is 37.4 Å². The van der Waals surface area contributed by atoms with E-state index >= 15 is 0 Å². The van der Waals surface area contributed by atoms with Gasteiger partial charge in [-0.3, -0.25) is 0 Å². The fourth-order valence-corrected chi connectivity index (χ4v) is 3.70. The SMILES string of the molecule is C=C(C)Cc1cc(-c2cc(CC(=C)C)c(O)c(CN(C)C)c2)cc(CN(C)C)c1O. The lowest BCUT2D eigenvalue weighted by Gasteiger charge is -2.19. The Morgan fingerprint density at radius 2 is 0.967 bits per heavy atom. The molecule has 4 nitrogen and oxygen atoms in total. The normalized spacial score (nSPS) is 11.3. The average molecular weight is 409 g/mol. The summed E-state index contributed by atoms with van der Waals surface area (Å²) in [5, 5.41) is 21.6. The van der Waals surface area contributed by atoms with Gasteiger partial charge in [-0.25, -0.2) is 0 Å². The highest BCUT2D eigenvalue weighted by molar-refractivity contribution is 5.71. The van der Waals surface area contributed by atoms with E-state index in [1.807, 2.05) is 76.1 Å². The molecule has 0 spiro atoms. The van der Waals surface area contributed by atoms with Crippen LogP contribution in [0, 0.1) is 0 Å². The summed E-state index contributed by atoms with van der Waals surface area (Å²) in [6.45, 7) is 13.3. The van der Waals surface area contributed by atoms with Crippen molar-refractivity contribution in [2.24, 2.45) is 0 Å². The predicted octanol–water partition coefficient (Wildman–Crippen LogP) is 5.13. The van der Waals surface area contributed by atoms with Crippen molar-refractivity contribution >= 4 is 0 Å². The number of aromatic hydroxyl groups is 2. The molecule has 2 aromatic carbocycles. The van der Waals surface area contributed by atoms with E-state index in [0.717, 1.165) is 44.5 Å². The van der Waals surface area contributed by atoms with Crippen LogP contribution in [-0.2, 0) is 25.9 Å². The summed E-state index contributed by atoms with van der Waals surface area (Å²) in [6.07, 6.45) is 1.25. The van der Waals surface area contributed by atoms with Gasteiger partial charge in [-0.1, -0.05) is 24.3 Å². The Kier molecular flexibility index (Phi) is 7.88. The summed E-state index contributed by atoms with van der Waals surface area (Å²) in [7, 11) is 7.97. The lowest BCUT2D eigenvalue weighted by atomic mass is 9.92. The van der Waals surface area contributed by atoms with Crippen LogP contribution in [0.1, 0.15) is 36.1 Å². The molecular weight excluding hydrogens is 372 g/mol. The molecule has 2 N–H and O–H groups in total. The summed E-state index contributed by atoms with van der Waals surface area (Å²) in [5.41, 5.74) is 7.59. The van der Waals surface area contributed by atoms with Gasteiger partial charge in [-0.2, -0.15) is 0 Å². The molecule has 0 aliphatic rings. The lowest BCUT2D eigenvalue weighted by molar-refractivity contribution is 0.384. The Labute approximate surface area is 181 Å². The molecule has 0 radical (unpaired) electrons. The zero-order valence-corrected chi connectivity index (χ0v) is 19.3. The summed E-state index contributed by atoms with van der Waals surface area (Å²) in [6, 6.07) is 8.18. The monoisotopic (exact) mass is 408 g/mol. The van der Waals surface area contributed by atoms with Gasteiger partial charge in [0.1, 0.15) is 11.5 Å². The van der Waals surface area contributed by atoms with Crippen molar-refractivity contribution in [2.45, 2.75) is 39.8 Å². The minimum Gasteiger partial charge on any atom is -0.507 e. The van der Waals surface area contributed by atoms with Crippen LogP contribution in [0.25, 0.3) is 11.1 Å². The van der Waals surface area contributed by atoms with Crippen LogP contribution in [0.15, 0.2) is 48.6 Å². The van der Waals surface area contributed by atoms with Crippen molar-refractivity contribution in [3.63, 3.8) is 0 Å². The van der Waals surface area contributed by atoms with Crippen LogP contribution in [0.2, 0.25) is 0 Å². The second kappa shape index (κ2) is 9.96. The van der Waals surface area contributed by atoms with E-state index in [-0.39, 0.29) is 0 Å². The number of phenolic OH excluding ortho intramolecular Hbond substituents is 2. The van der Waals surface area contributed by atoms with Crippen LogP contribution in [0.3, 0.4) is 0 Å². The van der Waals surface area contributed by atoms with Gasteiger partial charge < -0.3 is 20.0 Å². The molecule has 0 saturated carbocycles. The topological polar surface area (TPSA) is 46.9 Å². The maximum absolute atomic E-state index is 10.8. The summed E-state index contributed by atoms with van der Waals surface area (Å²) >= 11 is 0. The molecule has 0 saturated heterocycles. The van der Waals surface area contributed by atoms with Crippen LogP contribution in [0.5, 0.6) is 11.5 Å². The van der Waals surface area contributed by atoms with E-state index < -0.39 is 0 Å². The third-order valence-corrected chi connectivity index (χ3v) is 4.83. The summed E-state index contributed by atoms with van der Waals surface area (Å²) < 4.78 is 0. The maximum Gasteiger partial charge on any atom is 0.123 e. The molecule has 162 valence electrons. The molecule has 0 aromatic heterocycles. The van der Waals surface area contributed by atoms with Gasteiger partial charge >= 0.3 is 0 Å². The van der Waals surface area contributed by atoms with Crippen molar-refractivity contribution in [3.05, 3.63) is 70.8 Å². The first-order valence-electron chi connectivity index (χ1n) is 10.3. The van der Waals surface area contributed by atoms with Crippen LogP contribution >= 0.6 is 0 Å². The second-order valence-electron chi connectivity index (χ2n) is 9.03. The molecule has 4 heteroatoms. The van der Waals surface area contributed by atoms with Crippen molar-refractivity contribution < 1.29 is 10.2 Å². The first-order chi connectivity index (χ1) is 14.0. The van der Waals surface area contributed by atoms with E-state index in [1.165, 1.54) is 0 Å². The number of benzene rings is 2. The standard InChI is InChI=1S/C26H36N2O2/c1-17(2)9-21-11-19(13-23(25(21)29)15-27(5)6)20-12-22(10-18(3)4)26(30)24(14-20)16-28(7)8/h11-14,29-30H,1,3,9-10,15-16H2,2,4-8H3. The largest absolute Gasteiger partial charge is 0.507 e. The fourth-order valence-electron chi connectivity index (χ4n) is 3.70. The fraction of sp³-hybridized carbons (Fsp3) is 0.385. The van der Waals surface area contributed by atoms with Crippen molar-refractivity contribution in [3.8, 4) is 22.6 Å². The number of nitrogens with zero attached hydrogens (tertiary/aromatic N) is 2. The Balaban J connectivity index is 2.70. The molecule has 0 atom stereocenters. The Bertz CT molecular complexity index is 865. The smallest absolute Gasteiger partial charge is 0.123 e. The van der Waals surface area contributed by atoms with Gasteiger partial charge in [-0.05, 0) is 101 Å². The average Bonchev–Trinajstić information content (AvgIpc) is 2.60. The first kappa shape index (κ1) is 23.7. The zero-order valence-electron chi connectivity index (χ0n) is 19.3. The number of rotatable bonds is 9. The van der Waals surface area contributed by atoms with Crippen LogP contribution in [0.4, 0.5) is 0 Å². The Hall–Kier alpha value is -2.56. The Morgan fingerprint density at radius 1 is 0.667 bits per heavy atom. The van der Waals surface area contributed by atoms with E-state index in [1.54, 1.807) is 0 Å². The number of hydrogen-bond acceptors (Lipinski definition) is 4. The second-order valence-corrected chi connectivity index (χ2v) is 9.03. The van der Waals surface area contributed by atoms with Gasteiger partial charge in [0.15, 0.2) is 0 Å². The molecule has 2 rings (SSSR count). The molecule has 2 aromatic rings. The number of allylic oxidation sites excluding steroid dienone is 2. The van der Waals surface area contributed by atoms with Crippen LogP contribution < -0.4 is 0 Å². The van der Waals surface area contributed by atoms with E-state index in [2.05, 4.69) is 13.2 Å². The highest BCUT2D eigenvalue weighted by atomic mass is 16.3. The number of hydrogen-bond donors (Lipinski definition) is 2. The molecule has 0 aliphatic heterocycles. The van der Waals surface area contributed by atoms with Gasteiger partial charge in [0.25, 0.3) is 0 Å². The Morgan fingerprint density at radius 3 is 1.23 bits per heavy atom. The highest BCUT2D eigenvalue weighted by Crippen LogP contribution is 2.36. The molecule has 0 fully saturated rings. The lowest BCUT2D eigenvalue weighted by Crippen LogP contribution is -2.12. The quantitative estimate of drug-likeness (QED) is 0.565. The number of phenols is 2. The van der Waals surface area contributed by atoms with Gasteiger partial charge in [0, 0.05) is 24.2 Å². The predicted molar refractivity (Wildman–Crippen MR) is 127 cm³/mol. The van der Waals surface area contributed by atoms with Crippen molar-refractivity contribution in [2.75, 3.05) is 28.2 Å². The molecule has 0 amide bonds. The third-order valence-electron chi connectivity index (χ3n) is 4.83.